The van der Waals surface area contributed by atoms with Crippen molar-refractivity contribution in [3.05, 3.63) is 59.1 Å². The van der Waals surface area contributed by atoms with Crippen molar-refractivity contribution >= 4 is 39.1 Å². The molecule has 1 fully saturated rings. The van der Waals surface area contributed by atoms with Gasteiger partial charge in [0.2, 0.25) is 0 Å². The summed E-state index contributed by atoms with van der Waals surface area (Å²) in [6.07, 6.45) is 0.789. The van der Waals surface area contributed by atoms with Gasteiger partial charge in [0, 0.05) is 18.7 Å². The predicted molar refractivity (Wildman–Crippen MR) is 112 cm³/mol. The van der Waals surface area contributed by atoms with Crippen molar-refractivity contribution in [1.82, 2.24) is 4.98 Å². The van der Waals surface area contributed by atoms with Crippen molar-refractivity contribution in [3.8, 4) is 0 Å². The first-order valence-electron chi connectivity index (χ1n) is 9.65. The van der Waals surface area contributed by atoms with E-state index in [9.17, 15) is 9.59 Å². The molecule has 2 atom stereocenters. The molecule has 1 N–H and O–H groups in total. The molecule has 29 heavy (non-hydrogen) atoms. The third-order valence-electron chi connectivity index (χ3n) is 4.77. The maximum atomic E-state index is 12.3. The van der Waals surface area contributed by atoms with Crippen molar-refractivity contribution in [2.24, 2.45) is 0 Å². The van der Waals surface area contributed by atoms with E-state index in [1.807, 2.05) is 42.5 Å². The molecule has 2 aromatic carbocycles. The lowest BCUT2D eigenvalue weighted by atomic mass is 10.1. The van der Waals surface area contributed by atoms with Crippen LogP contribution in [-0.4, -0.2) is 35.7 Å². The average Bonchev–Trinajstić information content (AvgIpc) is 3.39. The summed E-state index contributed by atoms with van der Waals surface area (Å²) < 4.78 is 11.7. The average molecular weight is 410 g/mol. The zero-order valence-corrected chi connectivity index (χ0v) is 16.9. The molecule has 6 nitrogen and oxygen atoms in total. The van der Waals surface area contributed by atoms with Crippen LogP contribution >= 0.6 is 11.3 Å². The van der Waals surface area contributed by atoms with Crippen LogP contribution < -0.4 is 5.32 Å². The number of carbonyl (C=O) groups excluding carboxylic acids is 2. The second-order valence-electron chi connectivity index (χ2n) is 7.02. The Labute approximate surface area is 172 Å². The van der Waals surface area contributed by atoms with Gasteiger partial charge in [-0.1, -0.05) is 24.3 Å². The summed E-state index contributed by atoms with van der Waals surface area (Å²) in [5.41, 5.74) is 2.78. The molecule has 1 amide bonds. The van der Waals surface area contributed by atoms with Crippen LogP contribution in [0.1, 0.15) is 30.3 Å². The number of nitrogens with zero attached hydrogens (tertiary/aromatic N) is 1. The molecule has 2 heterocycles. The van der Waals surface area contributed by atoms with Gasteiger partial charge in [-0.25, -0.2) is 9.78 Å². The predicted octanol–water partition coefficient (Wildman–Crippen LogP) is 3.94. The van der Waals surface area contributed by atoms with Gasteiger partial charge in [0.05, 0.1) is 15.2 Å². The Balaban J connectivity index is 1.32. The topological polar surface area (TPSA) is 77.5 Å². The van der Waals surface area contributed by atoms with E-state index in [0.29, 0.717) is 18.7 Å². The number of carbonyl (C=O) groups is 2. The molecule has 3 aromatic rings. The van der Waals surface area contributed by atoms with Crippen LogP contribution in [0, 0.1) is 0 Å². The molecule has 0 bridgehead atoms. The third kappa shape index (κ3) is 4.81. The number of anilines is 1. The third-order valence-corrected chi connectivity index (χ3v) is 5.81. The zero-order chi connectivity index (χ0) is 20.2. The molecule has 0 saturated carbocycles. The Morgan fingerprint density at radius 1 is 1.24 bits per heavy atom. The SMILES string of the molecule is C[C@@H](OC(=O)[C@H]1CCCO1)C(=O)Nc1ccc(Cc2nc3ccccc3s2)cc1. The summed E-state index contributed by atoms with van der Waals surface area (Å²) in [4.78, 5) is 28.9. The molecule has 0 unspecified atom stereocenters. The lowest BCUT2D eigenvalue weighted by Crippen LogP contribution is -2.33. The molecule has 0 spiro atoms. The van der Waals surface area contributed by atoms with Crippen LogP contribution in [0.15, 0.2) is 48.5 Å². The highest BCUT2D eigenvalue weighted by atomic mass is 32.1. The van der Waals surface area contributed by atoms with Gasteiger partial charge < -0.3 is 14.8 Å². The second-order valence-corrected chi connectivity index (χ2v) is 8.13. The minimum absolute atomic E-state index is 0.365. The summed E-state index contributed by atoms with van der Waals surface area (Å²) >= 11 is 1.69. The fraction of sp³-hybridized carbons (Fsp3) is 0.318. The Bertz CT molecular complexity index is 976. The van der Waals surface area contributed by atoms with Crippen LogP contribution in [-0.2, 0) is 25.5 Å². The van der Waals surface area contributed by atoms with E-state index in [1.54, 1.807) is 18.3 Å². The van der Waals surface area contributed by atoms with Crippen LogP contribution in [0.2, 0.25) is 0 Å². The number of fused-ring (bicyclic) bond motifs is 1. The molecule has 1 aliphatic rings. The summed E-state index contributed by atoms with van der Waals surface area (Å²) in [5, 5.41) is 3.83. The molecule has 150 valence electrons. The number of esters is 1. The first-order valence-corrected chi connectivity index (χ1v) is 10.5. The quantitative estimate of drug-likeness (QED) is 0.623. The standard InChI is InChI=1S/C22H22N2O4S/c1-14(28-22(26)18-6-4-12-27-18)21(25)23-16-10-8-15(9-11-16)13-20-24-17-5-2-3-7-19(17)29-20/h2-3,5,7-11,14,18H,4,6,12-13H2,1H3,(H,23,25)/t14-,18-/m1/s1. The van der Waals surface area contributed by atoms with Crippen molar-refractivity contribution < 1.29 is 19.1 Å². The number of para-hydroxylation sites is 1. The fourth-order valence-electron chi connectivity index (χ4n) is 3.19. The molecule has 1 aromatic heterocycles. The molecule has 0 radical (unpaired) electrons. The van der Waals surface area contributed by atoms with E-state index >= 15 is 0 Å². The van der Waals surface area contributed by atoms with Crippen molar-refractivity contribution in [3.63, 3.8) is 0 Å². The van der Waals surface area contributed by atoms with Gasteiger partial charge in [-0.05, 0) is 49.6 Å². The first kappa shape index (κ1) is 19.5. The lowest BCUT2D eigenvalue weighted by molar-refractivity contribution is -0.162. The molecule has 7 heteroatoms. The van der Waals surface area contributed by atoms with Crippen molar-refractivity contribution in [2.45, 2.75) is 38.4 Å². The number of rotatable bonds is 6. The van der Waals surface area contributed by atoms with Crippen molar-refractivity contribution in [2.75, 3.05) is 11.9 Å². The van der Waals surface area contributed by atoms with Crippen LogP contribution in [0.4, 0.5) is 5.69 Å². The van der Waals surface area contributed by atoms with E-state index < -0.39 is 18.2 Å². The fourth-order valence-corrected chi connectivity index (χ4v) is 4.19. The van der Waals surface area contributed by atoms with Gasteiger partial charge in [0.25, 0.3) is 5.91 Å². The number of benzene rings is 2. The maximum Gasteiger partial charge on any atom is 0.336 e. The number of hydrogen-bond donors (Lipinski definition) is 1. The highest BCUT2D eigenvalue weighted by molar-refractivity contribution is 7.18. The number of hydrogen-bond acceptors (Lipinski definition) is 6. The van der Waals surface area contributed by atoms with Crippen molar-refractivity contribution in [1.29, 1.82) is 0 Å². The summed E-state index contributed by atoms with van der Waals surface area (Å²) in [6, 6.07) is 15.7. The number of thiazole rings is 1. The van der Waals surface area contributed by atoms with Crippen LogP contribution in [0.3, 0.4) is 0 Å². The number of nitrogens with one attached hydrogen (secondary N) is 1. The number of amides is 1. The van der Waals surface area contributed by atoms with Gasteiger partial charge in [-0.2, -0.15) is 0 Å². The van der Waals surface area contributed by atoms with E-state index in [0.717, 1.165) is 28.9 Å². The van der Waals surface area contributed by atoms with Gasteiger partial charge in [0.1, 0.15) is 0 Å². The smallest absolute Gasteiger partial charge is 0.336 e. The lowest BCUT2D eigenvalue weighted by Gasteiger charge is -2.16. The molecular formula is C22H22N2O4S. The van der Waals surface area contributed by atoms with Gasteiger partial charge in [-0.15, -0.1) is 11.3 Å². The Hall–Kier alpha value is -2.77. The van der Waals surface area contributed by atoms with E-state index in [4.69, 9.17) is 9.47 Å². The number of ether oxygens (including phenoxy) is 2. The van der Waals surface area contributed by atoms with Gasteiger partial charge in [0.15, 0.2) is 12.2 Å². The first-order chi connectivity index (χ1) is 14.1. The van der Waals surface area contributed by atoms with Gasteiger partial charge >= 0.3 is 5.97 Å². The van der Waals surface area contributed by atoms with E-state index in [-0.39, 0.29) is 5.91 Å². The highest BCUT2D eigenvalue weighted by Gasteiger charge is 2.28. The second kappa shape index (κ2) is 8.71. The number of aromatic nitrogens is 1. The summed E-state index contributed by atoms with van der Waals surface area (Å²) in [5.74, 6) is -0.841. The summed E-state index contributed by atoms with van der Waals surface area (Å²) in [6.45, 7) is 2.12. The summed E-state index contributed by atoms with van der Waals surface area (Å²) in [7, 11) is 0. The van der Waals surface area contributed by atoms with E-state index in [2.05, 4.69) is 16.4 Å². The molecule has 1 saturated heterocycles. The molecule has 1 aliphatic heterocycles. The van der Waals surface area contributed by atoms with Gasteiger partial charge in [-0.3, -0.25) is 4.79 Å². The Morgan fingerprint density at radius 2 is 2.03 bits per heavy atom. The van der Waals surface area contributed by atoms with Crippen LogP contribution in [0.25, 0.3) is 10.2 Å². The molecule has 4 rings (SSSR count). The normalized spacial score (nSPS) is 17.2. The molecule has 0 aliphatic carbocycles. The minimum Gasteiger partial charge on any atom is -0.451 e. The van der Waals surface area contributed by atoms with Crippen LogP contribution in [0.5, 0.6) is 0 Å². The maximum absolute atomic E-state index is 12.3. The molecular weight excluding hydrogens is 388 g/mol. The van der Waals surface area contributed by atoms with E-state index in [1.165, 1.54) is 4.70 Å². The Kier molecular flexibility index (Phi) is 5.87. The largest absolute Gasteiger partial charge is 0.451 e. The zero-order valence-electron chi connectivity index (χ0n) is 16.1. The highest BCUT2D eigenvalue weighted by Crippen LogP contribution is 2.24. The monoisotopic (exact) mass is 410 g/mol. The Morgan fingerprint density at radius 3 is 2.76 bits per heavy atom. The minimum atomic E-state index is -0.880.